The SMILES string of the molecule is CN(C)CC(C)(C)CNC(=O)c1cn(-c2ccccc2)nc1-c1ccc(Cl)cc1.Cl. The van der Waals surface area contributed by atoms with Crippen molar-refractivity contribution >= 4 is 29.9 Å². The van der Waals surface area contributed by atoms with Crippen molar-refractivity contribution < 1.29 is 4.79 Å². The van der Waals surface area contributed by atoms with E-state index in [2.05, 4.69) is 24.1 Å². The van der Waals surface area contributed by atoms with E-state index in [-0.39, 0.29) is 23.7 Å². The zero-order valence-electron chi connectivity index (χ0n) is 17.7. The molecule has 30 heavy (non-hydrogen) atoms. The highest BCUT2D eigenvalue weighted by atomic mass is 35.5. The van der Waals surface area contributed by atoms with E-state index in [4.69, 9.17) is 16.7 Å². The molecule has 0 atom stereocenters. The molecular formula is C23H28Cl2N4O. The van der Waals surface area contributed by atoms with E-state index >= 15 is 0 Å². The number of nitrogens with zero attached hydrogens (tertiary/aromatic N) is 3. The number of hydrogen-bond donors (Lipinski definition) is 1. The number of amides is 1. The third-order valence-corrected chi connectivity index (χ3v) is 4.82. The molecule has 3 aromatic rings. The maximum Gasteiger partial charge on any atom is 0.255 e. The second-order valence-corrected chi connectivity index (χ2v) is 8.70. The number of carbonyl (C=O) groups is 1. The molecule has 0 aliphatic carbocycles. The first-order chi connectivity index (χ1) is 13.7. The predicted molar refractivity (Wildman–Crippen MR) is 126 cm³/mol. The summed E-state index contributed by atoms with van der Waals surface area (Å²) in [6, 6.07) is 17.1. The van der Waals surface area contributed by atoms with Crippen LogP contribution >= 0.6 is 24.0 Å². The maximum atomic E-state index is 13.1. The molecule has 1 aromatic heterocycles. The number of rotatable bonds is 7. The van der Waals surface area contributed by atoms with Crippen LogP contribution in [0.5, 0.6) is 0 Å². The molecule has 160 valence electrons. The van der Waals surface area contributed by atoms with Crippen LogP contribution in [0, 0.1) is 5.41 Å². The lowest BCUT2D eigenvalue weighted by atomic mass is 9.93. The number of hydrogen-bond acceptors (Lipinski definition) is 3. The Balaban J connectivity index is 0.00000320. The molecule has 3 rings (SSSR count). The Morgan fingerprint density at radius 1 is 1.10 bits per heavy atom. The smallest absolute Gasteiger partial charge is 0.255 e. The standard InChI is InChI=1S/C23H27ClN4O.ClH/c1-23(2,16-27(3)4)15-25-22(29)20-14-28(19-8-6-5-7-9-19)26-21(20)17-10-12-18(24)13-11-17;/h5-14H,15-16H2,1-4H3,(H,25,29);1H. The highest BCUT2D eigenvalue weighted by Gasteiger charge is 2.23. The first kappa shape index (κ1) is 23.9. The van der Waals surface area contributed by atoms with E-state index in [0.717, 1.165) is 17.8 Å². The molecule has 0 bridgehead atoms. The van der Waals surface area contributed by atoms with Gasteiger partial charge in [0.1, 0.15) is 5.69 Å². The molecule has 1 N–H and O–H groups in total. The minimum absolute atomic E-state index is 0. The van der Waals surface area contributed by atoms with Gasteiger partial charge >= 0.3 is 0 Å². The molecule has 0 aliphatic heterocycles. The summed E-state index contributed by atoms with van der Waals surface area (Å²) in [5, 5.41) is 8.43. The van der Waals surface area contributed by atoms with Gasteiger partial charge in [0, 0.05) is 29.9 Å². The molecule has 0 aliphatic rings. The van der Waals surface area contributed by atoms with E-state index in [1.54, 1.807) is 23.0 Å². The average molecular weight is 447 g/mol. The van der Waals surface area contributed by atoms with Gasteiger partial charge in [0.05, 0.1) is 11.3 Å². The fraction of sp³-hybridized carbons (Fsp3) is 0.304. The Morgan fingerprint density at radius 3 is 2.33 bits per heavy atom. The van der Waals surface area contributed by atoms with Crippen molar-refractivity contribution in [1.82, 2.24) is 20.0 Å². The first-order valence-corrected chi connectivity index (χ1v) is 9.97. The highest BCUT2D eigenvalue weighted by Crippen LogP contribution is 2.25. The number of para-hydroxylation sites is 1. The molecule has 0 spiro atoms. The Morgan fingerprint density at radius 2 is 1.73 bits per heavy atom. The van der Waals surface area contributed by atoms with E-state index in [1.165, 1.54) is 0 Å². The first-order valence-electron chi connectivity index (χ1n) is 9.59. The van der Waals surface area contributed by atoms with E-state index < -0.39 is 0 Å². The summed E-state index contributed by atoms with van der Waals surface area (Å²) in [6.45, 7) is 5.72. The summed E-state index contributed by atoms with van der Waals surface area (Å²) in [6.07, 6.45) is 1.79. The topological polar surface area (TPSA) is 50.2 Å². The van der Waals surface area contributed by atoms with Crippen molar-refractivity contribution in [2.45, 2.75) is 13.8 Å². The molecule has 0 unspecified atom stereocenters. The Hall–Kier alpha value is -2.34. The van der Waals surface area contributed by atoms with Gasteiger partial charge in [-0.1, -0.05) is 55.8 Å². The average Bonchev–Trinajstić information content (AvgIpc) is 3.12. The molecule has 0 radical (unpaired) electrons. The normalized spacial score (nSPS) is 11.3. The summed E-state index contributed by atoms with van der Waals surface area (Å²) in [5.74, 6) is -0.135. The molecule has 5 nitrogen and oxygen atoms in total. The third-order valence-electron chi connectivity index (χ3n) is 4.57. The van der Waals surface area contributed by atoms with Crippen molar-refractivity contribution in [2.75, 3.05) is 27.2 Å². The summed E-state index contributed by atoms with van der Waals surface area (Å²) < 4.78 is 1.74. The minimum atomic E-state index is -0.135. The molecule has 2 aromatic carbocycles. The molecular weight excluding hydrogens is 419 g/mol. The van der Waals surface area contributed by atoms with Gasteiger partial charge in [0.15, 0.2) is 0 Å². The molecule has 0 saturated carbocycles. The van der Waals surface area contributed by atoms with Crippen LogP contribution in [-0.2, 0) is 0 Å². The Bertz CT molecular complexity index is 967. The fourth-order valence-corrected chi connectivity index (χ4v) is 3.53. The number of aromatic nitrogens is 2. The van der Waals surface area contributed by atoms with Crippen LogP contribution in [0.15, 0.2) is 60.8 Å². The number of nitrogens with one attached hydrogen (secondary N) is 1. The lowest BCUT2D eigenvalue weighted by Gasteiger charge is -2.28. The molecule has 1 amide bonds. The van der Waals surface area contributed by atoms with Crippen LogP contribution in [0.3, 0.4) is 0 Å². The highest BCUT2D eigenvalue weighted by molar-refractivity contribution is 6.30. The van der Waals surface area contributed by atoms with Gasteiger partial charge < -0.3 is 10.2 Å². The summed E-state index contributed by atoms with van der Waals surface area (Å²) in [4.78, 5) is 15.2. The zero-order chi connectivity index (χ0) is 21.0. The molecule has 7 heteroatoms. The van der Waals surface area contributed by atoms with Crippen molar-refractivity contribution in [2.24, 2.45) is 5.41 Å². The van der Waals surface area contributed by atoms with E-state index in [0.29, 0.717) is 22.8 Å². The number of benzene rings is 2. The van der Waals surface area contributed by atoms with Crippen LogP contribution in [0.4, 0.5) is 0 Å². The predicted octanol–water partition coefficient (Wildman–Crippen LogP) is 4.93. The molecule has 1 heterocycles. The lowest BCUT2D eigenvalue weighted by molar-refractivity contribution is 0.0930. The Labute approximate surface area is 189 Å². The van der Waals surface area contributed by atoms with Gasteiger partial charge in [-0.15, -0.1) is 12.4 Å². The monoisotopic (exact) mass is 446 g/mol. The van der Waals surface area contributed by atoms with Gasteiger partial charge in [-0.25, -0.2) is 4.68 Å². The summed E-state index contributed by atoms with van der Waals surface area (Å²) >= 11 is 6.04. The van der Waals surface area contributed by atoms with E-state index in [9.17, 15) is 4.79 Å². The van der Waals surface area contributed by atoms with E-state index in [1.807, 2.05) is 56.6 Å². The van der Waals surface area contributed by atoms with Gasteiger partial charge in [0.2, 0.25) is 0 Å². The third kappa shape index (κ3) is 6.08. The van der Waals surface area contributed by atoms with Crippen molar-refractivity contribution in [1.29, 1.82) is 0 Å². The van der Waals surface area contributed by atoms with Crippen LogP contribution in [0.25, 0.3) is 16.9 Å². The molecule has 0 saturated heterocycles. The van der Waals surface area contributed by atoms with Crippen molar-refractivity contribution in [3.05, 3.63) is 71.4 Å². The Kier molecular flexibility index (Phi) is 8.07. The zero-order valence-corrected chi connectivity index (χ0v) is 19.3. The van der Waals surface area contributed by atoms with Gasteiger partial charge in [-0.3, -0.25) is 4.79 Å². The second kappa shape index (κ2) is 10.1. The van der Waals surface area contributed by atoms with Crippen LogP contribution in [-0.4, -0.2) is 47.8 Å². The van der Waals surface area contributed by atoms with Crippen LogP contribution in [0.2, 0.25) is 5.02 Å². The van der Waals surface area contributed by atoms with Crippen molar-refractivity contribution in [3.8, 4) is 16.9 Å². The molecule has 0 fully saturated rings. The van der Waals surface area contributed by atoms with Crippen LogP contribution in [0.1, 0.15) is 24.2 Å². The number of halogens is 2. The quantitative estimate of drug-likeness (QED) is 0.559. The number of carbonyl (C=O) groups excluding carboxylic acids is 1. The van der Waals surface area contributed by atoms with Crippen LogP contribution < -0.4 is 5.32 Å². The second-order valence-electron chi connectivity index (χ2n) is 8.26. The van der Waals surface area contributed by atoms with Gasteiger partial charge in [-0.05, 0) is 43.8 Å². The fourth-order valence-electron chi connectivity index (χ4n) is 3.40. The minimum Gasteiger partial charge on any atom is -0.351 e. The maximum absolute atomic E-state index is 13.1. The summed E-state index contributed by atoms with van der Waals surface area (Å²) in [7, 11) is 4.07. The van der Waals surface area contributed by atoms with Gasteiger partial charge in [0.25, 0.3) is 5.91 Å². The largest absolute Gasteiger partial charge is 0.351 e. The summed E-state index contributed by atoms with van der Waals surface area (Å²) in [5.41, 5.74) is 2.87. The van der Waals surface area contributed by atoms with Gasteiger partial charge in [-0.2, -0.15) is 5.10 Å². The van der Waals surface area contributed by atoms with Crippen molar-refractivity contribution in [3.63, 3.8) is 0 Å². The lowest BCUT2D eigenvalue weighted by Crippen LogP contribution is -2.40.